The van der Waals surface area contributed by atoms with E-state index in [2.05, 4.69) is 82.2 Å². The van der Waals surface area contributed by atoms with Gasteiger partial charge in [0.05, 0.1) is 0 Å². The Balaban J connectivity index is 0.000000289. The van der Waals surface area contributed by atoms with Crippen LogP contribution in [0.4, 0.5) is 0 Å². The molecule has 2 aromatic carbocycles. The van der Waals surface area contributed by atoms with Gasteiger partial charge in [-0.25, -0.2) is 4.98 Å². The van der Waals surface area contributed by atoms with Crippen molar-refractivity contribution in [3.8, 4) is 11.3 Å². The number of allylic oxidation sites excluding steroid dienone is 2. The molecule has 0 aliphatic heterocycles. The van der Waals surface area contributed by atoms with Crippen LogP contribution < -0.4 is 0 Å². The fourth-order valence-electron chi connectivity index (χ4n) is 6.61. The van der Waals surface area contributed by atoms with Crippen LogP contribution in [0.25, 0.3) is 52.6 Å². The standard InChI is InChI=1S/C29H27N2OS2.C15H28O2.Ir/c1-15(2)9-19-16(3)32-23-12-21-24(13-20(19)23)34-28-25(21)26(30-14-31-28)18-10-17-7-8-33-27(17)22(11-18)29(4,5)6;1-7-14(5,8-2)12(16)11-13(17)15(6,9-3)10-4;/h7-8,11-15H,9H2,1-6H3;11,16H,7-10H2,1-6H3;/q-1;;/b;12-11-;. The van der Waals surface area contributed by atoms with Gasteiger partial charge < -0.3 is 9.52 Å². The summed E-state index contributed by atoms with van der Waals surface area (Å²) in [4.78, 5) is 22.6. The third-order valence-corrected chi connectivity index (χ3v) is 13.1. The zero-order chi connectivity index (χ0) is 37.5. The Morgan fingerprint density at radius 1 is 0.962 bits per heavy atom. The van der Waals surface area contributed by atoms with Gasteiger partial charge in [-0.05, 0) is 72.6 Å². The van der Waals surface area contributed by atoms with Crippen LogP contribution in [0.15, 0.2) is 52.2 Å². The number of thiophene rings is 2. The number of hydrogen-bond acceptors (Lipinski definition) is 7. The van der Waals surface area contributed by atoms with Gasteiger partial charge in [0.25, 0.3) is 0 Å². The molecule has 0 bridgehead atoms. The minimum Gasteiger partial charge on any atom is -0.512 e. The maximum Gasteiger partial charge on any atom is 0.164 e. The fraction of sp³-hybridized carbons (Fsp3) is 0.477. The van der Waals surface area contributed by atoms with E-state index in [-0.39, 0.29) is 47.9 Å². The van der Waals surface area contributed by atoms with Crippen LogP contribution in [0.5, 0.6) is 0 Å². The second kappa shape index (κ2) is 16.2. The number of ketones is 1. The molecule has 0 aliphatic carbocycles. The molecule has 0 saturated carbocycles. The van der Waals surface area contributed by atoms with Gasteiger partial charge in [-0.15, -0.1) is 34.9 Å². The summed E-state index contributed by atoms with van der Waals surface area (Å²) in [6, 6.07) is 12.6. The summed E-state index contributed by atoms with van der Waals surface area (Å²) in [6.45, 7) is 25.5. The molecule has 0 unspecified atom stereocenters. The Morgan fingerprint density at radius 2 is 1.62 bits per heavy atom. The molecule has 4 heterocycles. The molecule has 0 atom stereocenters. The molecule has 8 heteroatoms. The number of carbonyl (C=O) groups is 1. The minimum absolute atomic E-state index is 0. The summed E-state index contributed by atoms with van der Waals surface area (Å²) in [7, 11) is 0. The van der Waals surface area contributed by atoms with Gasteiger partial charge in [0.15, 0.2) is 5.78 Å². The van der Waals surface area contributed by atoms with Gasteiger partial charge in [0.1, 0.15) is 28.3 Å². The topological polar surface area (TPSA) is 76.2 Å². The van der Waals surface area contributed by atoms with Crippen molar-refractivity contribution in [1.29, 1.82) is 0 Å². The first kappa shape index (κ1) is 41.8. The average Bonchev–Trinajstić information content (AvgIpc) is 3.80. The van der Waals surface area contributed by atoms with Crippen LogP contribution in [0.3, 0.4) is 0 Å². The van der Waals surface area contributed by atoms with E-state index < -0.39 is 0 Å². The van der Waals surface area contributed by atoms with Crippen molar-refractivity contribution in [2.24, 2.45) is 16.7 Å². The molecule has 0 amide bonds. The maximum atomic E-state index is 12.2. The minimum atomic E-state index is -0.337. The Bertz CT molecular complexity index is 2220. The molecule has 4 aromatic heterocycles. The monoisotopic (exact) mass is 916 g/mol. The van der Waals surface area contributed by atoms with Crippen molar-refractivity contribution in [2.45, 2.75) is 121 Å². The van der Waals surface area contributed by atoms with E-state index in [1.54, 1.807) is 29.0 Å². The largest absolute Gasteiger partial charge is 0.512 e. The van der Waals surface area contributed by atoms with E-state index in [0.717, 1.165) is 75.7 Å². The fourth-order valence-corrected chi connectivity index (χ4v) is 8.75. The molecule has 52 heavy (non-hydrogen) atoms. The Kier molecular flexibility index (Phi) is 13.1. The van der Waals surface area contributed by atoms with Crippen molar-refractivity contribution in [1.82, 2.24) is 9.97 Å². The maximum absolute atomic E-state index is 12.2. The first-order valence-electron chi connectivity index (χ1n) is 18.5. The number of aromatic nitrogens is 2. The van der Waals surface area contributed by atoms with E-state index in [1.165, 1.54) is 32.0 Å². The Hall–Kier alpha value is -2.90. The third-order valence-electron chi connectivity index (χ3n) is 11.1. The second-order valence-electron chi connectivity index (χ2n) is 16.0. The molecule has 6 aromatic rings. The number of furan rings is 1. The van der Waals surface area contributed by atoms with Crippen LogP contribution in [-0.4, -0.2) is 20.9 Å². The van der Waals surface area contributed by atoms with E-state index in [9.17, 15) is 9.90 Å². The second-order valence-corrected chi connectivity index (χ2v) is 18.0. The van der Waals surface area contributed by atoms with E-state index in [4.69, 9.17) is 9.40 Å². The van der Waals surface area contributed by atoms with Crippen molar-refractivity contribution < 1.29 is 34.4 Å². The van der Waals surface area contributed by atoms with Crippen LogP contribution in [0, 0.1) is 29.7 Å². The summed E-state index contributed by atoms with van der Waals surface area (Å²) in [6.07, 6.45) is 7.46. The van der Waals surface area contributed by atoms with Crippen molar-refractivity contribution in [3.63, 3.8) is 0 Å². The molecular weight excluding hydrogens is 861 g/mol. The van der Waals surface area contributed by atoms with Crippen LogP contribution in [-0.2, 0) is 36.7 Å². The SMILES string of the molecule is CCC(C)(CC)C(=O)/C=C(\O)C(C)(CC)CC.Cc1oc2cc3c(cc2c1CC(C)C)sc1ncnc(-c2[c-]c4ccsc4c(C(C)(C)C)c2)c13.[Ir]. The van der Waals surface area contributed by atoms with Crippen molar-refractivity contribution >= 4 is 69.8 Å². The molecule has 0 spiro atoms. The van der Waals surface area contributed by atoms with Gasteiger partial charge in [-0.1, -0.05) is 87.3 Å². The van der Waals surface area contributed by atoms with Gasteiger partial charge in [0.2, 0.25) is 0 Å². The smallest absolute Gasteiger partial charge is 0.164 e. The molecule has 5 nitrogen and oxygen atoms in total. The Labute approximate surface area is 331 Å². The molecule has 1 N–H and O–H groups in total. The summed E-state index contributed by atoms with van der Waals surface area (Å²) in [5.74, 6) is 1.89. The zero-order valence-electron chi connectivity index (χ0n) is 33.0. The average molecular weight is 916 g/mol. The number of nitrogens with zero attached hydrogens (tertiary/aromatic N) is 2. The first-order valence-corrected chi connectivity index (χ1v) is 20.2. The summed E-state index contributed by atoms with van der Waals surface area (Å²) < 4.78 is 8.77. The van der Waals surface area contributed by atoms with Gasteiger partial charge >= 0.3 is 0 Å². The predicted molar refractivity (Wildman–Crippen MR) is 219 cm³/mol. The summed E-state index contributed by atoms with van der Waals surface area (Å²) in [5.41, 5.74) is 5.00. The number of aliphatic hydroxyl groups is 1. The van der Waals surface area contributed by atoms with Gasteiger partial charge in [-0.2, -0.15) is 11.3 Å². The number of carbonyl (C=O) groups excluding carboxylic acids is 1. The van der Waals surface area contributed by atoms with Crippen LogP contribution in [0.2, 0.25) is 0 Å². The number of aryl methyl sites for hydroxylation is 1. The molecule has 0 fully saturated rings. The van der Waals surface area contributed by atoms with Gasteiger partial charge in [0, 0.05) is 69.1 Å². The van der Waals surface area contributed by atoms with E-state index in [1.807, 2.05) is 41.5 Å². The normalized spacial score (nSPS) is 12.9. The molecule has 1 radical (unpaired) electrons. The van der Waals surface area contributed by atoms with Crippen molar-refractivity contribution in [2.75, 3.05) is 0 Å². The number of benzene rings is 2. The van der Waals surface area contributed by atoms with E-state index in [0.29, 0.717) is 5.92 Å². The third kappa shape index (κ3) is 8.11. The summed E-state index contributed by atoms with van der Waals surface area (Å²) >= 11 is 3.52. The number of aliphatic hydroxyl groups excluding tert-OH is 1. The predicted octanol–water partition coefficient (Wildman–Crippen LogP) is 13.7. The van der Waals surface area contributed by atoms with Crippen LogP contribution >= 0.6 is 22.7 Å². The quantitative estimate of drug-likeness (QED) is 0.0842. The number of hydrogen-bond donors (Lipinski definition) is 1. The van der Waals surface area contributed by atoms with Crippen molar-refractivity contribution in [3.05, 3.63) is 70.8 Å². The van der Waals surface area contributed by atoms with Gasteiger partial charge in [-0.3, -0.25) is 9.78 Å². The zero-order valence-corrected chi connectivity index (χ0v) is 37.0. The molecular formula is C44H55IrN2O3S2-. The number of rotatable bonds is 10. The van der Waals surface area contributed by atoms with E-state index >= 15 is 0 Å². The molecule has 6 rings (SSSR count). The summed E-state index contributed by atoms with van der Waals surface area (Å²) in [5, 5.41) is 16.9. The number of fused-ring (bicyclic) bond motifs is 5. The molecule has 0 saturated heterocycles. The Morgan fingerprint density at radius 3 is 2.21 bits per heavy atom. The first-order chi connectivity index (χ1) is 24.0. The molecule has 281 valence electrons. The molecule has 0 aliphatic rings. The van der Waals surface area contributed by atoms with Crippen LogP contribution in [0.1, 0.15) is 119 Å².